The van der Waals surface area contributed by atoms with Crippen LogP contribution in [-0.4, -0.2) is 23.9 Å². The number of aliphatic hydroxyl groups excluding tert-OH is 1. The zero-order chi connectivity index (χ0) is 22.1. The molecule has 1 N–H and O–H groups in total. The summed E-state index contributed by atoms with van der Waals surface area (Å²) in [4.78, 5) is 27.8. The molecule has 1 unspecified atom stereocenters. The van der Waals surface area contributed by atoms with E-state index in [2.05, 4.69) is 0 Å². The second-order valence-electron chi connectivity index (χ2n) is 7.60. The van der Waals surface area contributed by atoms with Crippen LogP contribution >= 0.6 is 0 Å². The summed E-state index contributed by atoms with van der Waals surface area (Å²) in [6, 6.07) is 21.2. The summed E-state index contributed by atoms with van der Waals surface area (Å²) in [7, 11) is 1.57. The van der Waals surface area contributed by atoms with E-state index in [9.17, 15) is 14.7 Å². The van der Waals surface area contributed by atoms with Crippen molar-refractivity contribution >= 4 is 23.1 Å². The fourth-order valence-electron chi connectivity index (χ4n) is 4.00. The molecule has 1 fully saturated rings. The first-order chi connectivity index (χ1) is 14.9. The molecular weight excluding hydrogens is 390 g/mol. The van der Waals surface area contributed by atoms with E-state index in [1.807, 2.05) is 62.4 Å². The van der Waals surface area contributed by atoms with Gasteiger partial charge in [0.25, 0.3) is 11.7 Å². The van der Waals surface area contributed by atoms with Crippen LogP contribution in [0.4, 0.5) is 5.69 Å². The fraction of sp³-hybridized carbons (Fsp3) is 0.154. The number of nitrogens with zero attached hydrogens (tertiary/aromatic N) is 1. The summed E-state index contributed by atoms with van der Waals surface area (Å²) >= 11 is 0. The Balaban J connectivity index is 1.95. The maximum atomic E-state index is 13.2. The molecule has 1 amide bonds. The maximum Gasteiger partial charge on any atom is 0.300 e. The van der Waals surface area contributed by atoms with E-state index in [0.29, 0.717) is 17.0 Å². The van der Waals surface area contributed by atoms with Gasteiger partial charge in [0, 0.05) is 11.3 Å². The third-order valence-corrected chi connectivity index (χ3v) is 5.53. The van der Waals surface area contributed by atoms with E-state index in [-0.39, 0.29) is 11.3 Å². The molecule has 3 aromatic rings. The molecule has 0 bridgehead atoms. The zero-order valence-electron chi connectivity index (χ0n) is 17.6. The number of ketones is 1. The second kappa shape index (κ2) is 8.11. The number of aryl methyl sites for hydroxylation is 2. The molecular formula is C26H23NO4. The highest BCUT2D eigenvalue weighted by Crippen LogP contribution is 2.42. The summed E-state index contributed by atoms with van der Waals surface area (Å²) in [5, 5.41) is 11.2. The molecule has 4 rings (SSSR count). The van der Waals surface area contributed by atoms with Crippen molar-refractivity contribution in [2.75, 3.05) is 12.0 Å². The third kappa shape index (κ3) is 3.59. The lowest BCUT2D eigenvalue weighted by molar-refractivity contribution is -0.132. The van der Waals surface area contributed by atoms with Crippen LogP contribution in [0.25, 0.3) is 5.76 Å². The molecule has 0 spiro atoms. The number of hydrogen-bond donors (Lipinski definition) is 1. The van der Waals surface area contributed by atoms with Gasteiger partial charge in [0.15, 0.2) is 0 Å². The van der Waals surface area contributed by atoms with Crippen molar-refractivity contribution < 1.29 is 19.4 Å². The molecule has 3 aromatic carbocycles. The molecule has 1 aliphatic heterocycles. The summed E-state index contributed by atoms with van der Waals surface area (Å²) in [5.41, 5.74) is 3.63. The van der Waals surface area contributed by atoms with Gasteiger partial charge in [-0.2, -0.15) is 0 Å². The van der Waals surface area contributed by atoms with Crippen molar-refractivity contribution in [3.63, 3.8) is 0 Å². The summed E-state index contributed by atoms with van der Waals surface area (Å²) in [6.07, 6.45) is 0. The third-order valence-electron chi connectivity index (χ3n) is 5.53. The normalized spacial score (nSPS) is 17.8. The first-order valence-electron chi connectivity index (χ1n) is 10.00. The lowest BCUT2D eigenvalue weighted by Gasteiger charge is -2.25. The van der Waals surface area contributed by atoms with E-state index in [1.165, 1.54) is 4.90 Å². The van der Waals surface area contributed by atoms with Crippen molar-refractivity contribution in [1.82, 2.24) is 0 Å². The van der Waals surface area contributed by atoms with Crippen molar-refractivity contribution in [3.05, 3.63) is 101 Å². The summed E-state index contributed by atoms with van der Waals surface area (Å²) < 4.78 is 5.24. The number of aliphatic hydroxyl groups is 1. The molecule has 0 aromatic heterocycles. The van der Waals surface area contributed by atoms with Crippen LogP contribution in [0.15, 0.2) is 78.4 Å². The predicted octanol–water partition coefficient (Wildman–Crippen LogP) is 4.94. The van der Waals surface area contributed by atoms with Gasteiger partial charge in [0.05, 0.1) is 18.7 Å². The average Bonchev–Trinajstić information content (AvgIpc) is 3.04. The Bertz CT molecular complexity index is 1200. The quantitative estimate of drug-likeness (QED) is 0.374. The Labute approximate surface area is 181 Å². The van der Waals surface area contributed by atoms with E-state index in [4.69, 9.17) is 4.74 Å². The number of ether oxygens (including phenoxy) is 1. The number of hydrogen-bond acceptors (Lipinski definition) is 4. The van der Waals surface area contributed by atoms with Gasteiger partial charge in [0.1, 0.15) is 11.5 Å². The van der Waals surface area contributed by atoms with Gasteiger partial charge >= 0.3 is 0 Å². The lowest BCUT2D eigenvalue weighted by atomic mass is 9.93. The van der Waals surface area contributed by atoms with Crippen molar-refractivity contribution in [2.24, 2.45) is 0 Å². The van der Waals surface area contributed by atoms with Gasteiger partial charge in [-0.15, -0.1) is 0 Å². The van der Waals surface area contributed by atoms with E-state index >= 15 is 0 Å². The Hall–Kier alpha value is -3.86. The number of carbonyl (C=O) groups is 2. The zero-order valence-corrected chi connectivity index (χ0v) is 17.6. The SMILES string of the molecule is COc1ccc(/C(O)=C2/C(=O)C(=O)N(c3cccc(C)c3)C2c2ccccc2)c(C)c1. The Morgan fingerprint density at radius 3 is 2.32 bits per heavy atom. The molecule has 0 saturated carbocycles. The maximum absolute atomic E-state index is 13.2. The Morgan fingerprint density at radius 2 is 1.68 bits per heavy atom. The molecule has 31 heavy (non-hydrogen) atoms. The van der Waals surface area contributed by atoms with Crippen LogP contribution < -0.4 is 9.64 Å². The van der Waals surface area contributed by atoms with Gasteiger partial charge in [-0.1, -0.05) is 42.5 Å². The second-order valence-corrected chi connectivity index (χ2v) is 7.60. The molecule has 0 radical (unpaired) electrons. The largest absolute Gasteiger partial charge is 0.507 e. The van der Waals surface area contributed by atoms with Crippen LogP contribution in [0.3, 0.4) is 0 Å². The standard InChI is InChI=1S/C26H23NO4/c1-16-8-7-11-19(14-16)27-23(18-9-5-4-6-10-18)22(25(29)26(27)30)24(28)21-13-12-20(31-3)15-17(21)2/h4-15,23,28H,1-3H3/b24-22-. The van der Waals surface area contributed by atoms with Gasteiger partial charge < -0.3 is 9.84 Å². The number of benzene rings is 3. The number of amides is 1. The van der Waals surface area contributed by atoms with Crippen LogP contribution in [-0.2, 0) is 9.59 Å². The smallest absolute Gasteiger partial charge is 0.300 e. The van der Waals surface area contributed by atoms with Crippen molar-refractivity contribution in [3.8, 4) is 5.75 Å². The molecule has 1 aliphatic rings. The molecule has 1 heterocycles. The van der Waals surface area contributed by atoms with E-state index < -0.39 is 17.7 Å². The fourth-order valence-corrected chi connectivity index (χ4v) is 4.00. The van der Waals surface area contributed by atoms with Gasteiger partial charge in [0.2, 0.25) is 0 Å². The number of carbonyl (C=O) groups excluding carboxylic acids is 2. The predicted molar refractivity (Wildman–Crippen MR) is 120 cm³/mol. The monoisotopic (exact) mass is 413 g/mol. The first-order valence-corrected chi connectivity index (χ1v) is 10.00. The highest BCUT2D eigenvalue weighted by Gasteiger charge is 2.47. The topological polar surface area (TPSA) is 66.8 Å². The highest BCUT2D eigenvalue weighted by atomic mass is 16.5. The number of rotatable bonds is 4. The minimum atomic E-state index is -0.732. The molecule has 0 aliphatic carbocycles. The van der Waals surface area contributed by atoms with E-state index in [0.717, 1.165) is 16.7 Å². The van der Waals surface area contributed by atoms with Crippen LogP contribution in [0.1, 0.15) is 28.3 Å². The van der Waals surface area contributed by atoms with Crippen LogP contribution in [0, 0.1) is 13.8 Å². The van der Waals surface area contributed by atoms with E-state index in [1.54, 1.807) is 31.4 Å². The van der Waals surface area contributed by atoms with Gasteiger partial charge in [-0.05, 0) is 60.9 Å². The van der Waals surface area contributed by atoms with Gasteiger partial charge in [-0.3, -0.25) is 14.5 Å². The molecule has 5 nitrogen and oxygen atoms in total. The number of Topliss-reactive ketones (excluding diaryl/α,β-unsaturated/α-hetero) is 1. The highest BCUT2D eigenvalue weighted by molar-refractivity contribution is 6.51. The number of methoxy groups -OCH3 is 1. The van der Waals surface area contributed by atoms with Gasteiger partial charge in [-0.25, -0.2) is 0 Å². The number of anilines is 1. The Kier molecular flexibility index (Phi) is 5.34. The summed E-state index contributed by atoms with van der Waals surface area (Å²) in [5.74, 6) is -0.911. The average molecular weight is 413 g/mol. The van der Waals surface area contributed by atoms with Crippen LogP contribution in [0.2, 0.25) is 0 Å². The first kappa shape index (κ1) is 20.4. The minimum Gasteiger partial charge on any atom is -0.507 e. The molecule has 1 atom stereocenters. The summed E-state index contributed by atoms with van der Waals surface area (Å²) in [6.45, 7) is 3.75. The minimum absolute atomic E-state index is 0.0750. The molecule has 1 saturated heterocycles. The van der Waals surface area contributed by atoms with Crippen molar-refractivity contribution in [2.45, 2.75) is 19.9 Å². The lowest BCUT2D eigenvalue weighted by Crippen LogP contribution is -2.29. The van der Waals surface area contributed by atoms with Crippen molar-refractivity contribution in [1.29, 1.82) is 0 Å². The molecule has 156 valence electrons. The Morgan fingerprint density at radius 1 is 0.935 bits per heavy atom. The van der Waals surface area contributed by atoms with Crippen LogP contribution in [0.5, 0.6) is 5.75 Å². The molecule has 5 heteroatoms.